The highest BCUT2D eigenvalue weighted by Gasteiger charge is 2.31. The largest absolute Gasteiger partial charge is 0.508 e. The fourth-order valence-corrected chi connectivity index (χ4v) is 2.21. The summed E-state index contributed by atoms with van der Waals surface area (Å²) in [7, 11) is 1.73. The van der Waals surface area contributed by atoms with Crippen LogP contribution in [0.4, 0.5) is 0 Å². The van der Waals surface area contributed by atoms with Crippen molar-refractivity contribution in [3.05, 3.63) is 29.8 Å². The Morgan fingerprint density at radius 1 is 1.42 bits per heavy atom. The maximum atomic E-state index is 12.2. The number of rotatable bonds is 3. The van der Waals surface area contributed by atoms with Crippen LogP contribution in [0.2, 0.25) is 0 Å². The number of phenolic OH excluding ortho intramolecular Hbond substituents is 1. The summed E-state index contributed by atoms with van der Waals surface area (Å²) in [5.41, 5.74) is 0.943. The van der Waals surface area contributed by atoms with E-state index < -0.39 is 6.04 Å². The summed E-state index contributed by atoms with van der Waals surface area (Å²) in [5, 5.41) is 11.9. The number of nitrogens with zero attached hydrogens (tertiary/aromatic N) is 1. The lowest BCUT2D eigenvalue weighted by atomic mass is 10.1. The Bertz CT molecular complexity index is 484. The summed E-state index contributed by atoms with van der Waals surface area (Å²) in [5.74, 6) is 0.0587. The predicted octanol–water partition coefficient (Wildman–Crippen LogP) is 1.19. The van der Waals surface area contributed by atoms with Crippen molar-refractivity contribution >= 4 is 11.8 Å². The molecule has 0 aromatic heterocycles. The molecule has 2 N–H and O–H groups in total. The first kappa shape index (κ1) is 13.4. The minimum Gasteiger partial charge on any atom is -0.508 e. The average molecular weight is 262 g/mol. The Labute approximate surface area is 112 Å². The van der Waals surface area contributed by atoms with Crippen molar-refractivity contribution in [3.8, 4) is 5.75 Å². The second-order valence-electron chi connectivity index (χ2n) is 4.88. The van der Waals surface area contributed by atoms with Crippen LogP contribution in [-0.4, -0.2) is 34.9 Å². The fraction of sp³-hybridized carbons (Fsp3) is 0.429. The number of carbonyl (C=O) groups is 2. The molecule has 1 aliphatic heterocycles. The van der Waals surface area contributed by atoms with E-state index in [0.29, 0.717) is 12.8 Å². The molecule has 1 fully saturated rings. The number of hydrogen-bond acceptors (Lipinski definition) is 3. The smallest absolute Gasteiger partial charge is 0.245 e. The molecule has 5 heteroatoms. The second-order valence-corrected chi connectivity index (χ2v) is 4.88. The molecule has 1 heterocycles. The molecule has 1 saturated heterocycles. The molecule has 2 rings (SSSR count). The molecule has 1 unspecified atom stereocenters. The van der Waals surface area contributed by atoms with Gasteiger partial charge in [0.2, 0.25) is 11.8 Å². The van der Waals surface area contributed by atoms with Crippen molar-refractivity contribution in [1.29, 1.82) is 0 Å². The van der Waals surface area contributed by atoms with Crippen molar-refractivity contribution in [1.82, 2.24) is 10.2 Å². The van der Waals surface area contributed by atoms with Crippen molar-refractivity contribution in [2.75, 3.05) is 7.05 Å². The number of benzene rings is 1. The third kappa shape index (κ3) is 2.86. The molecule has 0 saturated carbocycles. The molecule has 0 spiro atoms. The van der Waals surface area contributed by atoms with Crippen LogP contribution in [0.5, 0.6) is 5.75 Å². The molecule has 1 aromatic rings. The summed E-state index contributed by atoms with van der Waals surface area (Å²) in [6.07, 6.45) is 0.974. The third-order valence-electron chi connectivity index (χ3n) is 3.60. The summed E-state index contributed by atoms with van der Waals surface area (Å²) in [6, 6.07) is 6.26. The minimum atomic E-state index is -0.405. The number of nitrogens with one attached hydrogen (secondary N) is 1. The summed E-state index contributed by atoms with van der Waals surface area (Å²) < 4.78 is 0. The van der Waals surface area contributed by atoms with Crippen molar-refractivity contribution in [3.63, 3.8) is 0 Å². The Morgan fingerprint density at radius 2 is 2.05 bits per heavy atom. The number of phenols is 1. The lowest BCUT2D eigenvalue weighted by Crippen LogP contribution is -2.43. The zero-order valence-electron chi connectivity index (χ0n) is 11.1. The van der Waals surface area contributed by atoms with E-state index in [-0.39, 0.29) is 23.6 Å². The van der Waals surface area contributed by atoms with Gasteiger partial charge in [0, 0.05) is 13.5 Å². The first-order chi connectivity index (χ1) is 8.99. The van der Waals surface area contributed by atoms with Gasteiger partial charge >= 0.3 is 0 Å². The van der Waals surface area contributed by atoms with Gasteiger partial charge in [-0.15, -0.1) is 0 Å². The predicted molar refractivity (Wildman–Crippen MR) is 70.5 cm³/mol. The van der Waals surface area contributed by atoms with Crippen LogP contribution >= 0.6 is 0 Å². The number of amides is 2. The first-order valence-corrected chi connectivity index (χ1v) is 6.34. The monoisotopic (exact) mass is 262 g/mol. The van der Waals surface area contributed by atoms with E-state index in [1.54, 1.807) is 36.2 Å². The molecule has 2 amide bonds. The van der Waals surface area contributed by atoms with E-state index in [1.165, 1.54) is 0 Å². The molecule has 5 nitrogen and oxygen atoms in total. The highest BCUT2D eigenvalue weighted by atomic mass is 16.3. The van der Waals surface area contributed by atoms with E-state index >= 15 is 0 Å². The molecular formula is C14H18N2O3. The van der Waals surface area contributed by atoms with Gasteiger partial charge in [-0.05, 0) is 31.0 Å². The molecule has 19 heavy (non-hydrogen) atoms. The van der Waals surface area contributed by atoms with E-state index in [4.69, 9.17) is 0 Å². The molecule has 1 aromatic carbocycles. The Balaban J connectivity index is 2.06. The van der Waals surface area contributed by atoms with Crippen LogP contribution in [0.25, 0.3) is 0 Å². The molecule has 0 radical (unpaired) electrons. The highest BCUT2D eigenvalue weighted by Crippen LogP contribution is 2.22. The van der Waals surface area contributed by atoms with Gasteiger partial charge in [0.05, 0.1) is 6.04 Å². The van der Waals surface area contributed by atoms with Crippen LogP contribution in [0, 0.1) is 0 Å². The normalized spacial score (nSPS) is 19.9. The topological polar surface area (TPSA) is 69.6 Å². The van der Waals surface area contributed by atoms with E-state index in [1.807, 2.05) is 6.92 Å². The van der Waals surface area contributed by atoms with Gasteiger partial charge in [-0.2, -0.15) is 0 Å². The number of aromatic hydroxyl groups is 1. The van der Waals surface area contributed by atoms with Gasteiger partial charge in [0.15, 0.2) is 0 Å². The van der Waals surface area contributed by atoms with Crippen LogP contribution in [-0.2, 0) is 9.59 Å². The van der Waals surface area contributed by atoms with Crippen molar-refractivity contribution in [2.24, 2.45) is 0 Å². The van der Waals surface area contributed by atoms with Gasteiger partial charge < -0.3 is 15.3 Å². The van der Waals surface area contributed by atoms with Gasteiger partial charge in [-0.1, -0.05) is 12.1 Å². The molecule has 0 aliphatic carbocycles. The van der Waals surface area contributed by atoms with Crippen LogP contribution in [0.15, 0.2) is 24.3 Å². The third-order valence-corrected chi connectivity index (χ3v) is 3.60. The van der Waals surface area contributed by atoms with Gasteiger partial charge in [0.1, 0.15) is 11.8 Å². The Morgan fingerprint density at radius 3 is 2.58 bits per heavy atom. The van der Waals surface area contributed by atoms with E-state index in [0.717, 1.165) is 5.56 Å². The first-order valence-electron chi connectivity index (χ1n) is 6.34. The van der Waals surface area contributed by atoms with Gasteiger partial charge in [-0.3, -0.25) is 9.59 Å². The van der Waals surface area contributed by atoms with Gasteiger partial charge in [0.25, 0.3) is 0 Å². The Kier molecular flexibility index (Phi) is 3.74. The molecule has 0 bridgehead atoms. The molecule has 1 aliphatic rings. The molecule has 2 atom stereocenters. The fourth-order valence-electron chi connectivity index (χ4n) is 2.21. The lowest BCUT2D eigenvalue weighted by Gasteiger charge is -2.27. The second kappa shape index (κ2) is 5.30. The number of hydrogen-bond donors (Lipinski definition) is 2. The quantitative estimate of drug-likeness (QED) is 0.859. The van der Waals surface area contributed by atoms with E-state index in [2.05, 4.69) is 5.32 Å². The van der Waals surface area contributed by atoms with Crippen LogP contribution in [0.1, 0.15) is 31.4 Å². The van der Waals surface area contributed by atoms with E-state index in [9.17, 15) is 14.7 Å². The van der Waals surface area contributed by atoms with Gasteiger partial charge in [-0.25, -0.2) is 0 Å². The maximum Gasteiger partial charge on any atom is 0.245 e. The summed E-state index contributed by atoms with van der Waals surface area (Å²) in [4.78, 5) is 25.0. The zero-order valence-corrected chi connectivity index (χ0v) is 11.1. The average Bonchev–Trinajstić information content (AvgIpc) is 2.84. The van der Waals surface area contributed by atoms with Crippen molar-refractivity contribution < 1.29 is 14.7 Å². The standard InChI is InChI=1S/C14H18N2O3/c1-9(10-3-5-11(17)6-4-10)16(2)14(19)12-7-8-13(18)15-12/h3-6,9,12,17H,7-8H2,1-2H3,(H,15,18)/t9?,12-/m1/s1. The van der Waals surface area contributed by atoms with Crippen molar-refractivity contribution in [2.45, 2.75) is 31.8 Å². The molecule has 102 valence electrons. The maximum absolute atomic E-state index is 12.2. The number of likely N-dealkylation sites (N-methyl/N-ethyl adjacent to an activating group) is 1. The highest BCUT2D eigenvalue weighted by molar-refractivity contribution is 5.90. The lowest BCUT2D eigenvalue weighted by molar-refractivity contribution is -0.134. The van der Waals surface area contributed by atoms with Crippen LogP contribution in [0.3, 0.4) is 0 Å². The number of carbonyl (C=O) groups excluding carboxylic acids is 2. The SMILES string of the molecule is CC(c1ccc(O)cc1)N(C)C(=O)[C@H]1CCC(=O)N1. The summed E-state index contributed by atoms with van der Waals surface area (Å²) >= 11 is 0. The summed E-state index contributed by atoms with van der Waals surface area (Å²) in [6.45, 7) is 1.92. The molecular weight excluding hydrogens is 244 g/mol. The van der Waals surface area contributed by atoms with Crippen LogP contribution < -0.4 is 5.32 Å². The minimum absolute atomic E-state index is 0.0657. The zero-order chi connectivity index (χ0) is 14.0. The Hall–Kier alpha value is -2.04.